The third-order valence-corrected chi connectivity index (χ3v) is 6.50. The van der Waals surface area contributed by atoms with E-state index in [0.717, 1.165) is 35.1 Å². The van der Waals surface area contributed by atoms with Gasteiger partial charge in [-0.3, -0.25) is 9.59 Å². The molecule has 0 saturated heterocycles. The molecule has 0 radical (unpaired) electrons. The van der Waals surface area contributed by atoms with E-state index < -0.39 is 5.41 Å². The summed E-state index contributed by atoms with van der Waals surface area (Å²) in [6, 6.07) is 18.4. The van der Waals surface area contributed by atoms with E-state index in [-0.39, 0.29) is 28.1 Å². The van der Waals surface area contributed by atoms with Crippen LogP contribution in [0.25, 0.3) is 11.1 Å². The van der Waals surface area contributed by atoms with Crippen LogP contribution >= 0.6 is 0 Å². The molecule has 7 heteroatoms. The van der Waals surface area contributed by atoms with Gasteiger partial charge in [-0.1, -0.05) is 24.3 Å². The van der Waals surface area contributed by atoms with Gasteiger partial charge >= 0.3 is 0 Å². The molecule has 1 aliphatic carbocycles. The van der Waals surface area contributed by atoms with E-state index in [1.165, 1.54) is 4.90 Å². The standard InChI is InChI=1S/C27H26N2O5.2H2/c1-29(2)25(31)18-5-3-17(4-6-18)22-14-21(9-7-19(22)15-30)28-26(32)27(11-12-27)20-8-10-23-24(13-20)34-16-33-23;;/h3-10,13-14,30H,11-12,15-16H2,1-2H3,(H,28,32);2*1H. The largest absolute Gasteiger partial charge is 0.454 e. The predicted octanol–water partition coefficient (Wildman–Crippen LogP) is 4.44. The Morgan fingerprint density at radius 1 is 1.00 bits per heavy atom. The number of anilines is 1. The van der Waals surface area contributed by atoms with Crippen molar-refractivity contribution >= 4 is 17.5 Å². The number of aliphatic hydroxyl groups excluding tert-OH is 1. The van der Waals surface area contributed by atoms with Crippen LogP contribution in [0, 0.1) is 0 Å². The van der Waals surface area contributed by atoms with Gasteiger partial charge in [-0.2, -0.15) is 0 Å². The van der Waals surface area contributed by atoms with Crippen LogP contribution in [0.2, 0.25) is 0 Å². The van der Waals surface area contributed by atoms with Crippen molar-refractivity contribution < 1.29 is 27.0 Å². The minimum Gasteiger partial charge on any atom is -0.454 e. The Morgan fingerprint density at radius 2 is 1.74 bits per heavy atom. The number of rotatable bonds is 6. The van der Waals surface area contributed by atoms with Gasteiger partial charge in [0.05, 0.1) is 12.0 Å². The second-order valence-corrected chi connectivity index (χ2v) is 8.91. The molecule has 1 aliphatic heterocycles. The van der Waals surface area contributed by atoms with Gasteiger partial charge in [0.2, 0.25) is 12.7 Å². The first-order chi connectivity index (χ1) is 16.4. The summed E-state index contributed by atoms with van der Waals surface area (Å²) in [4.78, 5) is 27.0. The molecule has 0 bridgehead atoms. The Balaban J connectivity index is 0.00000180. The first kappa shape index (κ1) is 22.0. The van der Waals surface area contributed by atoms with E-state index in [2.05, 4.69) is 5.32 Å². The lowest BCUT2D eigenvalue weighted by Gasteiger charge is -2.18. The average molecular weight is 463 g/mol. The highest BCUT2D eigenvalue weighted by atomic mass is 16.7. The number of amides is 2. The van der Waals surface area contributed by atoms with Crippen molar-refractivity contribution in [2.75, 3.05) is 26.2 Å². The molecule has 2 amide bonds. The number of nitrogens with zero attached hydrogens (tertiary/aromatic N) is 1. The highest BCUT2D eigenvalue weighted by Gasteiger charge is 2.51. The number of aliphatic hydroxyl groups is 1. The van der Waals surface area contributed by atoms with Gasteiger partial charge in [0, 0.05) is 28.2 Å². The molecule has 3 aromatic rings. The summed E-state index contributed by atoms with van der Waals surface area (Å²) < 4.78 is 10.9. The third kappa shape index (κ3) is 3.88. The van der Waals surface area contributed by atoms with Gasteiger partial charge in [-0.15, -0.1) is 0 Å². The van der Waals surface area contributed by atoms with Crippen LogP contribution in [0.1, 0.15) is 37.2 Å². The van der Waals surface area contributed by atoms with Gasteiger partial charge in [0.1, 0.15) is 0 Å². The quantitative estimate of drug-likeness (QED) is 0.566. The molecule has 2 aliphatic rings. The Bertz CT molecular complexity index is 1270. The monoisotopic (exact) mass is 462 g/mol. The van der Waals surface area contributed by atoms with E-state index in [1.807, 2.05) is 42.5 Å². The average Bonchev–Trinajstić information content (AvgIpc) is 3.54. The predicted molar refractivity (Wildman–Crippen MR) is 132 cm³/mol. The second kappa shape index (κ2) is 8.50. The van der Waals surface area contributed by atoms with Gasteiger partial charge in [-0.05, 0) is 71.5 Å². The summed E-state index contributed by atoms with van der Waals surface area (Å²) in [5, 5.41) is 12.9. The molecule has 34 heavy (non-hydrogen) atoms. The van der Waals surface area contributed by atoms with Gasteiger partial charge in [0.25, 0.3) is 5.91 Å². The highest BCUT2D eigenvalue weighted by Crippen LogP contribution is 2.51. The van der Waals surface area contributed by atoms with Gasteiger partial charge < -0.3 is 24.8 Å². The molecule has 1 saturated carbocycles. The fraction of sp³-hybridized carbons (Fsp3) is 0.259. The van der Waals surface area contributed by atoms with Gasteiger partial charge in [-0.25, -0.2) is 0 Å². The molecule has 1 heterocycles. The lowest BCUT2D eigenvalue weighted by Crippen LogP contribution is -2.27. The Hall–Kier alpha value is -3.84. The van der Waals surface area contributed by atoms with Crippen molar-refractivity contribution in [2.24, 2.45) is 0 Å². The Kier molecular flexibility index (Phi) is 5.49. The van der Waals surface area contributed by atoms with Crippen molar-refractivity contribution in [3.63, 3.8) is 0 Å². The highest BCUT2D eigenvalue weighted by molar-refractivity contribution is 6.02. The summed E-state index contributed by atoms with van der Waals surface area (Å²) >= 11 is 0. The van der Waals surface area contributed by atoms with Crippen LogP contribution in [-0.4, -0.2) is 42.7 Å². The van der Waals surface area contributed by atoms with Crippen molar-refractivity contribution in [3.8, 4) is 22.6 Å². The van der Waals surface area contributed by atoms with Crippen LogP contribution in [0.15, 0.2) is 60.7 Å². The normalized spacial score (nSPS) is 15.0. The van der Waals surface area contributed by atoms with E-state index in [1.54, 1.807) is 32.3 Å². The molecule has 3 aromatic carbocycles. The molecule has 0 atom stereocenters. The maximum absolute atomic E-state index is 13.3. The lowest BCUT2D eigenvalue weighted by atomic mass is 9.94. The number of hydrogen-bond donors (Lipinski definition) is 2. The van der Waals surface area contributed by atoms with Crippen LogP contribution in [0.5, 0.6) is 11.5 Å². The number of carbonyl (C=O) groups excluding carboxylic acids is 2. The molecule has 5 rings (SSSR count). The smallest absolute Gasteiger partial charge is 0.253 e. The summed E-state index contributed by atoms with van der Waals surface area (Å²) in [7, 11) is 3.42. The number of carbonyl (C=O) groups is 2. The van der Waals surface area contributed by atoms with E-state index in [4.69, 9.17) is 9.47 Å². The van der Waals surface area contributed by atoms with Crippen molar-refractivity contribution in [2.45, 2.75) is 24.9 Å². The summed E-state index contributed by atoms with van der Waals surface area (Å²) in [5.74, 6) is 1.22. The van der Waals surface area contributed by atoms with Crippen LogP contribution < -0.4 is 14.8 Å². The van der Waals surface area contributed by atoms with Gasteiger partial charge in [0.15, 0.2) is 11.5 Å². The lowest BCUT2D eigenvalue weighted by molar-refractivity contribution is -0.118. The van der Waals surface area contributed by atoms with Crippen molar-refractivity contribution in [1.82, 2.24) is 4.90 Å². The second-order valence-electron chi connectivity index (χ2n) is 8.91. The number of nitrogens with one attached hydrogen (secondary N) is 1. The zero-order valence-electron chi connectivity index (χ0n) is 19.1. The molecule has 2 N–H and O–H groups in total. The molecule has 1 fully saturated rings. The molecular weight excluding hydrogens is 432 g/mol. The minimum atomic E-state index is -0.578. The Labute approximate surface area is 200 Å². The van der Waals surface area contributed by atoms with Crippen LogP contribution in [0.3, 0.4) is 0 Å². The topological polar surface area (TPSA) is 88.1 Å². The molecule has 0 spiro atoms. The number of hydrogen-bond acceptors (Lipinski definition) is 5. The van der Waals surface area contributed by atoms with E-state index in [0.29, 0.717) is 22.7 Å². The molecule has 0 aromatic heterocycles. The summed E-state index contributed by atoms with van der Waals surface area (Å²) in [6.07, 6.45) is 1.53. The summed E-state index contributed by atoms with van der Waals surface area (Å²) in [5.41, 5.74) is 3.97. The van der Waals surface area contributed by atoms with Crippen molar-refractivity contribution in [3.05, 3.63) is 77.4 Å². The minimum absolute atomic E-state index is 0. The number of fused-ring (bicyclic) bond motifs is 1. The van der Waals surface area contributed by atoms with Crippen LogP contribution in [-0.2, 0) is 16.8 Å². The maximum Gasteiger partial charge on any atom is 0.253 e. The maximum atomic E-state index is 13.3. The number of benzene rings is 3. The van der Waals surface area contributed by atoms with E-state index in [9.17, 15) is 14.7 Å². The fourth-order valence-corrected chi connectivity index (χ4v) is 4.33. The Morgan fingerprint density at radius 3 is 2.41 bits per heavy atom. The molecule has 7 nitrogen and oxygen atoms in total. The SMILES string of the molecule is CN(C)C(=O)c1ccc(-c2cc(NC(=O)C3(c4ccc5c(c4)OCO5)CC3)ccc2CO)cc1.[HH].[HH]. The van der Waals surface area contributed by atoms with Crippen LogP contribution in [0.4, 0.5) is 5.69 Å². The number of ether oxygens (including phenoxy) is 2. The molecule has 178 valence electrons. The van der Waals surface area contributed by atoms with E-state index >= 15 is 0 Å². The zero-order chi connectivity index (χ0) is 23.9. The summed E-state index contributed by atoms with van der Waals surface area (Å²) in [6.45, 7) is 0.0608. The fourth-order valence-electron chi connectivity index (χ4n) is 4.33. The first-order valence-corrected chi connectivity index (χ1v) is 11.2. The first-order valence-electron chi connectivity index (χ1n) is 11.2. The zero-order valence-corrected chi connectivity index (χ0v) is 19.1. The molecule has 0 unspecified atom stereocenters. The van der Waals surface area contributed by atoms with Crippen molar-refractivity contribution in [1.29, 1.82) is 0 Å². The molecular formula is C27H30N2O5. The third-order valence-electron chi connectivity index (χ3n) is 6.50.